The fourth-order valence-corrected chi connectivity index (χ4v) is 3.26. The lowest BCUT2D eigenvalue weighted by atomic mass is 9.90. The Morgan fingerprint density at radius 1 is 0.900 bits per heavy atom. The predicted octanol–water partition coefficient (Wildman–Crippen LogP) is 4.91. The molecule has 0 saturated carbocycles. The molecule has 1 nitrogen and oxygen atoms in total. The van der Waals surface area contributed by atoms with Crippen LogP contribution in [-0.2, 0) is 6.42 Å². The molecule has 0 aliphatic carbocycles. The summed E-state index contributed by atoms with van der Waals surface area (Å²) in [4.78, 5) is 2.51. The number of benzene rings is 2. The summed E-state index contributed by atoms with van der Waals surface area (Å²) in [6.45, 7) is 2.36. The van der Waals surface area contributed by atoms with Crippen molar-refractivity contribution in [2.24, 2.45) is 5.92 Å². The summed E-state index contributed by atoms with van der Waals surface area (Å²) < 4.78 is 1.15. The SMILES string of the molecule is Brc1ccc(N2CCC(Cc3ccccc3)CC2)cc1. The lowest BCUT2D eigenvalue weighted by Gasteiger charge is -2.33. The summed E-state index contributed by atoms with van der Waals surface area (Å²) in [7, 11) is 0. The number of halogens is 1. The molecule has 1 saturated heterocycles. The number of rotatable bonds is 3. The van der Waals surface area contributed by atoms with E-state index in [0.29, 0.717) is 0 Å². The van der Waals surface area contributed by atoms with E-state index < -0.39 is 0 Å². The number of piperidine rings is 1. The van der Waals surface area contributed by atoms with Crippen molar-refractivity contribution in [2.45, 2.75) is 19.3 Å². The van der Waals surface area contributed by atoms with Crippen molar-refractivity contribution >= 4 is 21.6 Å². The van der Waals surface area contributed by atoms with Crippen molar-refractivity contribution in [3.05, 3.63) is 64.6 Å². The van der Waals surface area contributed by atoms with Gasteiger partial charge in [0.05, 0.1) is 0 Å². The molecule has 0 aromatic heterocycles. The molecule has 1 aliphatic rings. The van der Waals surface area contributed by atoms with Crippen molar-refractivity contribution in [1.82, 2.24) is 0 Å². The van der Waals surface area contributed by atoms with Gasteiger partial charge in [0.25, 0.3) is 0 Å². The quantitative estimate of drug-likeness (QED) is 0.773. The number of anilines is 1. The van der Waals surface area contributed by atoms with E-state index in [2.05, 4.69) is 75.4 Å². The zero-order valence-corrected chi connectivity index (χ0v) is 13.2. The molecule has 2 aromatic carbocycles. The summed E-state index contributed by atoms with van der Waals surface area (Å²) in [5.41, 5.74) is 2.83. The lowest BCUT2D eigenvalue weighted by Crippen LogP contribution is -2.34. The van der Waals surface area contributed by atoms with Crippen molar-refractivity contribution in [3.8, 4) is 0 Å². The molecule has 0 unspecified atom stereocenters. The standard InChI is InChI=1S/C18H20BrN/c19-17-6-8-18(9-7-17)20-12-10-16(11-13-20)14-15-4-2-1-3-5-15/h1-9,16H,10-14H2. The minimum absolute atomic E-state index is 0.837. The molecule has 1 fully saturated rings. The van der Waals surface area contributed by atoms with Crippen LogP contribution in [0, 0.1) is 5.92 Å². The molecule has 2 aromatic rings. The molecule has 3 rings (SSSR count). The third-order valence-electron chi connectivity index (χ3n) is 4.17. The summed E-state index contributed by atoms with van der Waals surface area (Å²) in [5, 5.41) is 0. The zero-order chi connectivity index (χ0) is 13.8. The van der Waals surface area contributed by atoms with Crippen LogP contribution in [0.25, 0.3) is 0 Å². The first-order valence-electron chi connectivity index (χ1n) is 7.36. The lowest BCUT2D eigenvalue weighted by molar-refractivity contribution is 0.404. The summed E-state index contributed by atoms with van der Waals surface area (Å²) in [6.07, 6.45) is 3.82. The molecule has 0 atom stereocenters. The third kappa shape index (κ3) is 3.43. The van der Waals surface area contributed by atoms with E-state index in [1.807, 2.05) is 0 Å². The summed E-state index contributed by atoms with van der Waals surface area (Å²) >= 11 is 3.50. The first kappa shape index (κ1) is 13.7. The maximum atomic E-state index is 3.50. The Bertz CT molecular complexity index is 527. The van der Waals surface area contributed by atoms with E-state index in [0.717, 1.165) is 10.4 Å². The van der Waals surface area contributed by atoms with Gasteiger partial charge in [-0.05, 0) is 55.0 Å². The maximum Gasteiger partial charge on any atom is 0.0366 e. The molecular weight excluding hydrogens is 310 g/mol. The highest BCUT2D eigenvalue weighted by atomic mass is 79.9. The fourth-order valence-electron chi connectivity index (χ4n) is 2.99. The molecule has 2 heteroatoms. The molecule has 0 N–H and O–H groups in total. The minimum Gasteiger partial charge on any atom is -0.372 e. The molecule has 20 heavy (non-hydrogen) atoms. The van der Waals surface area contributed by atoms with Crippen LogP contribution in [0.2, 0.25) is 0 Å². The average molecular weight is 330 g/mol. The minimum atomic E-state index is 0.837. The Morgan fingerprint density at radius 3 is 2.20 bits per heavy atom. The molecule has 0 radical (unpaired) electrons. The Hall–Kier alpha value is -1.28. The second-order valence-corrected chi connectivity index (χ2v) is 6.51. The van der Waals surface area contributed by atoms with E-state index in [-0.39, 0.29) is 0 Å². The van der Waals surface area contributed by atoms with Gasteiger partial charge in [-0.2, -0.15) is 0 Å². The van der Waals surface area contributed by atoms with Gasteiger partial charge in [-0.15, -0.1) is 0 Å². The van der Waals surface area contributed by atoms with Gasteiger partial charge in [-0.25, -0.2) is 0 Å². The number of nitrogens with zero attached hydrogens (tertiary/aromatic N) is 1. The monoisotopic (exact) mass is 329 g/mol. The van der Waals surface area contributed by atoms with Crippen LogP contribution in [0.4, 0.5) is 5.69 Å². The van der Waals surface area contributed by atoms with Crippen molar-refractivity contribution in [3.63, 3.8) is 0 Å². The molecule has 104 valence electrons. The Labute approximate surface area is 129 Å². The first-order chi connectivity index (χ1) is 9.81. The maximum absolute atomic E-state index is 3.50. The van der Waals surface area contributed by atoms with Gasteiger partial charge in [-0.1, -0.05) is 46.3 Å². The summed E-state index contributed by atoms with van der Waals surface area (Å²) in [5.74, 6) is 0.837. The van der Waals surface area contributed by atoms with Crippen LogP contribution in [0.15, 0.2) is 59.1 Å². The highest BCUT2D eigenvalue weighted by Crippen LogP contribution is 2.26. The zero-order valence-electron chi connectivity index (χ0n) is 11.6. The van der Waals surface area contributed by atoms with E-state index in [4.69, 9.17) is 0 Å². The molecular formula is C18H20BrN. The van der Waals surface area contributed by atoms with Crippen molar-refractivity contribution in [2.75, 3.05) is 18.0 Å². The van der Waals surface area contributed by atoms with Gasteiger partial charge in [0.2, 0.25) is 0 Å². The van der Waals surface area contributed by atoms with Gasteiger partial charge < -0.3 is 4.90 Å². The third-order valence-corrected chi connectivity index (χ3v) is 4.70. The van der Waals surface area contributed by atoms with Gasteiger partial charge in [0.1, 0.15) is 0 Å². The van der Waals surface area contributed by atoms with Gasteiger partial charge in [0.15, 0.2) is 0 Å². The summed E-state index contributed by atoms with van der Waals surface area (Å²) in [6, 6.07) is 19.6. The Kier molecular flexibility index (Phi) is 4.41. The Balaban J connectivity index is 1.55. The highest BCUT2D eigenvalue weighted by Gasteiger charge is 2.19. The fraction of sp³-hybridized carbons (Fsp3) is 0.333. The van der Waals surface area contributed by atoms with Crippen LogP contribution in [-0.4, -0.2) is 13.1 Å². The Morgan fingerprint density at radius 2 is 1.55 bits per heavy atom. The molecule has 1 heterocycles. The molecule has 1 aliphatic heterocycles. The average Bonchev–Trinajstić information content (AvgIpc) is 2.50. The van der Waals surface area contributed by atoms with E-state index in [1.165, 1.54) is 43.6 Å². The van der Waals surface area contributed by atoms with E-state index in [1.54, 1.807) is 0 Å². The van der Waals surface area contributed by atoms with Crippen LogP contribution in [0.1, 0.15) is 18.4 Å². The largest absolute Gasteiger partial charge is 0.372 e. The second-order valence-electron chi connectivity index (χ2n) is 5.60. The van der Waals surface area contributed by atoms with E-state index in [9.17, 15) is 0 Å². The van der Waals surface area contributed by atoms with Crippen LogP contribution >= 0.6 is 15.9 Å². The smallest absolute Gasteiger partial charge is 0.0366 e. The van der Waals surface area contributed by atoms with E-state index >= 15 is 0 Å². The van der Waals surface area contributed by atoms with Crippen LogP contribution < -0.4 is 4.90 Å². The van der Waals surface area contributed by atoms with Crippen molar-refractivity contribution in [1.29, 1.82) is 0 Å². The number of hydrogen-bond donors (Lipinski definition) is 0. The second kappa shape index (κ2) is 6.45. The van der Waals surface area contributed by atoms with Crippen LogP contribution in [0.3, 0.4) is 0 Å². The van der Waals surface area contributed by atoms with Crippen LogP contribution in [0.5, 0.6) is 0 Å². The van der Waals surface area contributed by atoms with Gasteiger partial charge >= 0.3 is 0 Å². The molecule has 0 spiro atoms. The van der Waals surface area contributed by atoms with Crippen molar-refractivity contribution < 1.29 is 0 Å². The predicted molar refractivity (Wildman–Crippen MR) is 89.2 cm³/mol. The molecule has 0 bridgehead atoms. The normalized spacial score (nSPS) is 16.4. The topological polar surface area (TPSA) is 3.24 Å². The van der Waals surface area contributed by atoms with Gasteiger partial charge in [-0.3, -0.25) is 0 Å². The van der Waals surface area contributed by atoms with Gasteiger partial charge in [0, 0.05) is 23.2 Å². The first-order valence-corrected chi connectivity index (χ1v) is 8.15. The molecule has 0 amide bonds. The highest BCUT2D eigenvalue weighted by molar-refractivity contribution is 9.10. The number of hydrogen-bond acceptors (Lipinski definition) is 1.